The van der Waals surface area contributed by atoms with Gasteiger partial charge in [-0.05, 0) is 19.9 Å². The molecule has 20 heavy (non-hydrogen) atoms. The molecule has 0 spiro atoms. The van der Waals surface area contributed by atoms with Gasteiger partial charge in [0.25, 0.3) is 0 Å². The molecule has 114 valence electrons. The average Bonchev–Trinajstić information content (AvgIpc) is 2.39. The summed E-state index contributed by atoms with van der Waals surface area (Å²) in [5.41, 5.74) is 0.557. The van der Waals surface area contributed by atoms with Gasteiger partial charge in [-0.3, -0.25) is 4.90 Å². The lowest BCUT2D eigenvalue weighted by atomic mass is 10.0. The highest BCUT2D eigenvalue weighted by atomic mass is 19.1. The first-order chi connectivity index (χ1) is 9.51. The number of hydrogen-bond acceptors (Lipinski definition) is 4. The van der Waals surface area contributed by atoms with Crippen LogP contribution in [0.25, 0.3) is 0 Å². The van der Waals surface area contributed by atoms with Crippen LogP contribution in [0.1, 0.15) is 25.5 Å². The fourth-order valence-electron chi connectivity index (χ4n) is 2.36. The van der Waals surface area contributed by atoms with E-state index in [1.807, 2.05) is 13.8 Å². The summed E-state index contributed by atoms with van der Waals surface area (Å²) in [6, 6.07) is 4.27. The van der Waals surface area contributed by atoms with Crippen LogP contribution in [0.5, 0.6) is 5.75 Å². The lowest BCUT2D eigenvalue weighted by Crippen LogP contribution is -2.40. The molecule has 0 saturated carbocycles. The highest BCUT2D eigenvalue weighted by Gasteiger charge is 2.23. The first-order valence-electron chi connectivity index (χ1n) is 6.73. The Morgan fingerprint density at radius 3 is 2.50 bits per heavy atom. The third kappa shape index (κ3) is 4.44. The molecule has 0 saturated heterocycles. The van der Waals surface area contributed by atoms with Gasteiger partial charge in [0.2, 0.25) is 0 Å². The Labute approximate surface area is 120 Å². The Balaban J connectivity index is 2.93. The third-order valence-electron chi connectivity index (χ3n) is 3.46. The van der Waals surface area contributed by atoms with Crippen LogP contribution >= 0.6 is 0 Å². The third-order valence-corrected chi connectivity index (χ3v) is 3.46. The molecule has 0 radical (unpaired) electrons. The summed E-state index contributed by atoms with van der Waals surface area (Å²) in [6.07, 6.45) is 0. The first kappa shape index (κ1) is 16.9. The van der Waals surface area contributed by atoms with E-state index in [1.54, 1.807) is 20.3 Å². The van der Waals surface area contributed by atoms with Crippen LogP contribution in [0, 0.1) is 5.82 Å². The van der Waals surface area contributed by atoms with E-state index in [-0.39, 0.29) is 17.8 Å². The number of rotatable bonds is 8. The van der Waals surface area contributed by atoms with Gasteiger partial charge in [-0.15, -0.1) is 0 Å². The van der Waals surface area contributed by atoms with Crippen LogP contribution < -0.4 is 0 Å². The molecule has 2 atom stereocenters. The van der Waals surface area contributed by atoms with Crippen molar-refractivity contribution in [3.8, 4) is 5.75 Å². The number of nitrogens with zero attached hydrogens (tertiary/aromatic N) is 1. The van der Waals surface area contributed by atoms with Crippen LogP contribution in [0.3, 0.4) is 0 Å². The number of phenols is 1. The van der Waals surface area contributed by atoms with Crippen LogP contribution in [-0.2, 0) is 9.47 Å². The van der Waals surface area contributed by atoms with Crippen molar-refractivity contribution in [2.45, 2.75) is 25.9 Å². The maximum Gasteiger partial charge on any atom is 0.131 e. The fraction of sp³-hybridized carbons (Fsp3) is 0.600. The maximum absolute atomic E-state index is 14.0. The number of aromatic hydroxyl groups is 1. The first-order valence-corrected chi connectivity index (χ1v) is 6.73. The van der Waals surface area contributed by atoms with Gasteiger partial charge in [0, 0.05) is 44.5 Å². The van der Waals surface area contributed by atoms with E-state index >= 15 is 0 Å². The van der Waals surface area contributed by atoms with Crippen molar-refractivity contribution in [2.24, 2.45) is 0 Å². The smallest absolute Gasteiger partial charge is 0.131 e. The van der Waals surface area contributed by atoms with Crippen molar-refractivity contribution in [1.29, 1.82) is 0 Å². The molecule has 0 aliphatic heterocycles. The number of phenolic OH excluding ortho intramolecular Hbond substituents is 1. The summed E-state index contributed by atoms with van der Waals surface area (Å²) in [5, 5.41) is 9.30. The summed E-state index contributed by atoms with van der Waals surface area (Å²) in [4.78, 5) is 2.13. The molecule has 1 aromatic carbocycles. The van der Waals surface area contributed by atoms with E-state index in [9.17, 15) is 9.50 Å². The van der Waals surface area contributed by atoms with Crippen LogP contribution in [0.15, 0.2) is 18.2 Å². The number of hydrogen-bond donors (Lipinski definition) is 1. The minimum atomic E-state index is -0.399. The lowest BCUT2D eigenvalue weighted by molar-refractivity contribution is 0.0505. The van der Waals surface area contributed by atoms with Gasteiger partial charge in [-0.2, -0.15) is 0 Å². The molecule has 1 N–H and O–H groups in total. The minimum Gasteiger partial charge on any atom is -0.508 e. The average molecular weight is 285 g/mol. The maximum atomic E-state index is 14.0. The Morgan fingerprint density at radius 2 is 1.95 bits per heavy atom. The van der Waals surface area contributed by atoms with E-state index in [1.165, 1.54) is 6.07 Å². The molecule has 4 nitrogen and oxygen atoms in total. The van der Waals surface area contributed by atoms with Crippen molar-refractivity contribution >= 4 is 0 Å². The van der Waals surface area contributed by atoms with Gasteiger partial charge in [0.15, 0.2) is 0 Å². The zero-order chi connectivity index (χ0) is 15.1. The van der Waals surface area contributed by atoms with E-state index < -0.39 is 5.82 Å². The van der Waals surface area contributed by atoms with E-state index in [4.69, 9.17) is 9.47 Å². The van der Waals surface area contributed by atoms with Gasteiger partial charge >= 0.3 is 0 Å². The van der Waals surface area contributed by atoms with Crippen LogP contribution in [0.4, 0.5) is 4.39 Å². The normalized spacial score (nSPS) is 14.5. The largest absolute Gasteiger partial charge is 0.508 e. The summed E-state index contributed by atoms with van der Waals surface area (Å²) >= 11 is 0. The molecular formula is C15H24FNO3. The topological polar surface area (TPSA) is 41.9 Å². The highest BCUT2D eigenvalue weighted by molar-refractivity contribution is 5.29. The van der Waals surface area contributed by atoms with Crippen molar-refractivity contribution in [3.63, 3.8) is 0 Å². The van der Waals surface area contributed by atoms with E-state index in [0.717, 1.165) is 6.07 Å². The molecule has 0 aliphatic rings. The molecular weight excluding hydrogens is 261 g/mol. The van der Waals surface area contributed by atoms with Crippen molar-refractivity contribution < 1.29 is 19.0 Å². The van der Waals surface area contributed by atoms with Gasteiger partial charge in [0.05, 0.1) is 13.2 Å². The number of halogens is 1. The number of methoxy groups -OCH3 is 2. The van der Waals surface area contributed by atoms with Crippen molar-refractivity contribution in [3.05, 3.63) is 29.6 Å². The fourth-order valence-corrected chi connectivity index (χ4v) is 2.36. The number of ether oxygens (including phenoxy) is 2. The molecule has 0 bridgehead atoms. The molecule has 2 unspecified atom stereocenters. The predicted molar refractivity (Wildman–Crippen MR) is 76.4 cm³/mol. The molecule has 0 amide bonds. The second kappa shape index (κ2) is 8.19. The molecule has 5 heteroatoms. The molecule has 0 aromatic heterocycles. The molecule has 0 fully saturated rings. The Bertz CT molecular complexity index is 414. The molecule has 0 aliphatic carbocycles. The summed E-state index contributed by atoms with van der Waals surface area (Å²) < 4.78 is 24.3. The summed E-state index contributed by atoms with van der Waals surface area (Å²) in [7, 11) is 3.29. The molecule has 1 aromatic rings. The SMILES string of the molecule is COCCN(C(C)COC)C(C)c1ccc(O)cc1F. The Hall–Kier alpha value is -1.17. The van der Waals surface area contributed by atoms with Crippen LogP contribution in [0.2, 0.25) is 0 Å². The van der Waals surface area contributed by atoms with Gasteiger partial charge in [0.1, 0.15) is 11.6 Å². The predicted octanol–water partition coefficient (Wildman–Crippen LogP) is 2.58. The zero-order valence-corrected chi connectivity index (χ0v) is 12.6. The molecule has 1 rings (SSSR count). The quantitative estimate of drug-likeness (QED) is 0.797. The Morgan fingerprint density at radius 1 is 1.25 bits per heavy atom. The van der Waals surface area contributed by atoms with Crippen LogP contribution in [-0.4, -0.2) is 50.0 Å². The van der Waals surface area contributed by atoms with E-state index in [0.29, 0.717) is 25.3 Å². The molecule has 0 heterocycles. The monoisotopic (exact) mass is 285 g/mol. The van der Waals surface area contributed by atoms with Gasteiger partial charge in [-0.25, -0.2) is 4.39 Å². The minimum absolute atomic E-state index is 0.0631. The van der Waals surface area contributed by atoms with Gasteiger partial charge in [-0.1, -0.05) is 6.07 Å². The standard InChI is InChI=1S/C15H24FNO3/c1-11(10-20-4)17(7-8-19-3)12(2)14-6-5-13(18)9-15(14)16/h5-6,9,11-12,18H,7-8,10H2,1-4H3. The summed E-state index contributed by atoms with van der Waals surface area (Å²) in [6.45, 7) is 5.79. The van der Waals surface area contributed by atoms with Crippen molar-refractivity contribution in [1.82, 2.24) is 4.90 Å². The second-order valence-corrected chi connectivity index (χ2v) is 4.92. The Kier molecular flexibility index (Phi) is 6.91. The highest BCUT2D eigenvalue weighted by Crippen LogP contribution is 2.27. The summed E-state index contributed by atoms with van der Waals surface area (Å²) in [5.74, 6) is -0.462. The number of benzene rings is 1. The van der Waals surface area contributed by atoms with E-state index in [2.05, 4.69) is 4.90 Å². The zero-order valence-electron chi connectivity index (χ0n) is 12.6. The van der Waals surface area contributed by atoms with Gasteiger partial charge < -0.3 is 14.6 Å². The second-order valence-electron chi connectivity index (χ2n) is 4.92. The lowest BCUT2D eigenvalue weighted by Gasteiger charge is -2.34. The van der Waals surface area contributed by atoms with Crippen molar-refractivity contribution in [2.75, 3.05) is 34.0 Å².